The Hall–Kier alpha value is -1.50. The van der Waals surface area contributed by atoms with Gasteiger partial charge in [0.1, 0.15) is 12.4 Å². The molecule has 3 aromatic heterocycles. The second-order valence-electron chi connectivity index (χ2n) is 4.85. The van der Waals surface area contributed by atoms with Crippen molar-refractivity contribution in [3.05, 3.63) is 56.9 Å². The molecule has 0 aromatic carbocycles. The highest BCUT2D eigenvalue weighted by atomic mass is 32.1. The van der Waals surface area contributed by atoms with Crippen LogP contribution in [-0.4, -0.2) is 26.2 Å². The smallest absolute Gasteiger partial charge is 0.155 e. The minimum atomic E-state index is 0.230. The van der Waals surface area contributed by atoms with Crippen molar-refractivity contribution in [2.45, 2.75) is 19.1 Å². The monoisotopic (exact) mass is 302 g/mol. The van der Waals surface area contributed by atoms with Gasteiger partial charge in [0.15, 0.2) is 5.82 Å². The van der Waals surface area contributed by atoms with Crippen LogP contribution in [0.25, 0.3) is 0 Å². The number of hydrogen-bond acceptors (Lipinski definition) is 5. The van der Waals surface area contributed by atoms with E-state index >= 15 is 0 Å². The van der Waals surface area contributed by atoms with E-state index in [9.17, 15) is 0 Å². The zero-order chi connectivity index (χ0) is 13.4. The number of thiophene rings is 2. The molecule has 0 N–H and O–H groups in total. The lowest BCUT2D eigenvalue weighted by Gasteiger charge is -2.34. The molecule has 4 heterocycles. The Morgan fingerprint density at radius 3 is 2.85 bits per heavy atom. The Labute approximate surface area is 125 Å². The summed E-state index contributed by atoms with van der Waals surface area (Å²) in [6.07, 6.45) is 1.85. The Kier molecular flexibility index (Phi) is 3.14. The molecule has 0 saturated carbocycles. The summed E-state index contributed by atoms with van der Waals surface area (Å²) >= 11 is 3.61. The molecule has 6 heteroatoms. The summed E-state index contributed by atoms with van der Waals surface area (Å²) in [4.78, 5) is 5.25. The van der Waals surface area contributed by atoms with Crippen molar-refractivity contribution in [2.75, 3.05) is 6.54 Å². The van der Waals surface area contributed by atoms with Gasteiger partial charge >= 0.3 is 0 Å². The van der Waals surface area contributed by atoms with Crippen molar-refractivity contribution in [1.29, 1.82) is 0 Å². The number of hydrogen-bond donors (Lipinski definition) is 0. The molecule has 0 saturated heterocycles. The SMILES string of the molecule is c1csc(CN2CCn3cnnc3C2c2cccs2)c1. The van der Waals surface area contributed by atoms with Crippen LogP contribution >= 0.6 is 22.7 Å². The van der Waals surface area contributed by atoms with Crippen molar-refractivity contribution < 1.29 is 0 Å². The fraction of sp³-hybridized carbons (Fsp3) is 0.286. The maximum absolute atomic E-state index is 4.36. The topological polar surface area (TPSA) is 34.0 Å². The first-order valence-electron chi connectivity index (χ1n) is 6.59. The van der Waals surface area contributed by atoms with Crippen molar-refractivity contribution in [3.63, 3.8) is 0 Å². The van der Waals surface area contributed by atoms with Crippen LogP contribution in [0.2, 0.25) is 0 Å². The summed E-state index contributed by atoms with van der Waals surface area (Å²) in [7, 11) is 0. The van der Waals surface area contributed by atoms with E-state index in [1.54, 1.807) is 11.3 Å². The maximum Gasteiger partial charge on any atom is 0.155 e. The molecular formula is C14H14N4S2. The molecule has 102 valence electrons. The molecule has 0 radical (unpaired) electrons. The Bertz CT molecular complexity index is 672. The van der Waals surface area contributed by atoms with Crippen molar-refractivity contribution in [3.8, 4) is 0 Å². The van der Waals surface area contributed by atoms with Gasteiger partial charge in [0.05, 0.1) is 0 Å². The van der Waals surface area contributed by atoms with Gasteiger partial charge in [0.25, 0.3) is 0 Å². The summed E-state index contributed by atoms with van der Waals surface area (Å²) in [5.41, 5.74) is 0. The minimum absolute atomic E-state index is 0.230. The summed E-state index contributed by atoms with van der Waals surface area (Å²) in [6, 6.07) is 8.86. The molecule has 0 fully saturated rings. The van der Waals surface area contributed by atoms with Crippen molar-refractivity contribution >= 4 is 22.7 Å². The van der Waals surface area contributed by atoms with Gasteiger partial charge in [-0.3, -0.25) is 4.90 Å². The van der Waals surface area contributed by atoms with Gasteiger partial charge in [-0.25, -0.2) is 0 Å². The van der Waals surface area contributed by atoms with E-state index in [1.807, 2.05) is 17.7 Å². The van der Waals surface area contributed by atoms with E-state index < -0.39 is 0 Å². The molecule has 1 aliphatic heterocycles. The minimum Gasteiger partial charge on any atom is -0.315 e. The average molecular weight is 302 g/mol. The van der Waals surface area contributed by atoms with Crippen LogP contribution in [0.4, 0.5) is 0 Å². The summed E-state index contributed by atoms with van der Waals surface area (Å²) in [5, 5.41) is 12.7. The molecule has 0 amide bonds. The van der Waals surface area contributed by atoms with Crippen LogP contribution in [0.15, 0.2) is 41.4 Å². The first kappa shape index (κ1) is 12.3. The van der Waals surface area contributed by atoms with Crippen molar-refractivity contribution in [2.24, 2.45) is 0 Å². The Morgan fingerprint density at radius 1 is 1.15 bits per heavy atom. The maximum atomic E-state index is 4.36. The van der Waals surface area contributed by atoms with E-state index in [1.165, 1.54) is 9.75 Å². The quantitative estimate of drug-likeness (QED) is 0.746. The third-order valence-electron chi connectivity index (χ3n) is 3.64. The van der Waals surface area contributed by atoms with E-state index in [0.29, 0.717) is 0 Å². The molecule has 1 aliphatic rings. The van der Waals surface area contributed by atoms with Crippen LogP contribution in [0, 0.1) is 0 Å². The molecule has 0 bridgehead atoms. The van der Waals surface area contributed by atoms with Gasteiger partial charge in [-0.15, -0.1) is 32.9 Å². The van der Waals surface area contributed by atoms with Gasteiger partial charge in [-0.2, -0.15) is 0 Å². The molecule has 1 atom stereocenters. The fourth-order valence-electron chi connectivity index (χ4n) is 2.70. The first-order valence-corrected chi connectivity index (χ1v) is 8.35. The van der Waals surface area contributed by atoms with Crippen LogP contribution < -0.4 is 0 Å². The van der Waals surface area contributed by atoms with Gasteiger partial charge in [0, 0.05) is 29.4 Å². The lowest BCUT2D eigenvalue weighted by atomic mass is 10.1. The molecule has 1 unspecified atom stereocenters. The van der Waals surface area contributed by atoms with Crippen LogP contribution in [0.5, 0.6) is 0 Å². The number of rotatable bonds is 3. The third kappa shape index (κ3) is 2.09. The van der Waals surface area contributed by atoms with Crippen LogP contribution in [-0.2, 0) is 13.1 Å². The molecule has 20 heavy (non-hydrogen) atoms. The lowest BCUT2D eigenvalue weighted by Crippen LogP contribution is -2.37. The fourth-order valence-corrected chi connectivity index (χ4v) is 4.29. The predicted octanol–water partition coefficient (Wildman–Crippen LogP) is 3.01. The van der Waals surface area contributed by atoms with Crippen molar-refractivity contribution in [1.82, 2.24) is 19.7 Å². The zero-order valence-electron chi connectivity index (χ0n) is 10.8. The van der Waals surface area contributed by atoms with Gasteiger partial charge in [0.2, 0.25) is 0 Å². The van der Waals surface area contributed by atoms with Gasteiger partial charge in [-0.1, -0.05) is 12.1 Å². The Morgan fingerprint density at radius 2 is 2.05 bits per heavy atom. The standard InChI is InChI=1S/C14H14N4S2/c1-3-11(19-7-1)9-17-5-6-18-10-15-16-14(18)13(17)12-4-2-8-20-12/h1-4,7-8,10,13H,5-6,9H2. The molecule has 3 aromatic rings. The van der Waals surface area contributed by atoms with Gasteiger partial charge in [-0.05, 0) is 22.9 Å². The summed E-state index contributed by atoms with van der Waals surface area (Å²) < 4.78 is 2.18. The highest BCUT2D eigenvalue weighted by molar-refractivity contribution is 7.10. The number of nitrogens with zero attached hydrogens (tertiary/aromatic N) is 4. The second kappa shape index (κ2) is 5.12. The van der Waals surface area contributed by atoms with Gasteiger partial charge < -0.3 is 4.57 Å². The summed E-state index contributed by atoms with van der Waals surface area (Å²) in [5.74, 6) is 1.07. The summed E-state index contributed by atoms with van der Waals surface area (Å²) in [6.45, 7) is 2.98. The third-order valence-corrected chi connectivity index (χ3v) is 5.42. The molecule has 4 nitrogen and oxygen atoms in total. The van der Waals surface area contributed by atoms with Crippen LogP contribution in [0.1, 0.15) is 21.6 Å². The van der Waals surface area contributed by atoms with E-state index in [4.69, 9.17) is 0 Å². The van der Waals surface area contributed by atoms with E-state index in [2.05, 4.69) is 54.7 Å². The number of aromatic nitrogens is 3. The second-order valence-corrected chi connectivity index (χ2v) is 6.86. The molecular weight excluding hydrogens is 288 g/mol. The largest absolute Gasteiger partial charge is 0.315 e. The van der Waals surface area contributed by atoms with E-state index in [-0.39, 0.29) is 6.04 Å². The molecule has 4 rings (SSSR count). The van der Waals surface area contributed by atoms with Crippen LogP contribution in [0.3, 0.4) is 0 Å². The highest BCUT2D eigenvalue weighted by Gasteiger charge is 2.31. The number of fused-ring (bicyclic) bond motifs is 1. The molecule has 0 aliphatic carbocycles. The zero-order valence-corrected chi connectivity index (χ0v) is 12.5. The van der Waals surface area contributed by atoms with E-state index in [0.717, 1.165) is 25.5 Å². The lowest BCUT2D eigenvalue weighted by molar-refractivity contribution is 0.174. The Balaban J connectivity index is 1.71. The average Bonchev–Trinajstić information content (AvgIpc) is 3.21. The molecule has 0 spiro atoms. The first-order chi connectivity index (χ1) is 9.92. The predicted molar refractivity (Wildman–Crippen MR) is 80.9 cm³/mol. The highest BCUT2D eigenvalue weighted by Crippen LogP contribution is 2.34. The normalized spacial score (nSPS) is 19.1.